The number of anilines is 2. The number of hydrogen-bond donors (Lipinski definition) is 1. The number of hydrogen-bond acceptors (Lipinski definition) is 7. The Morgan fingerprint density at radius 3 is 2.67 bits per heavy atom. The van der Waals surface area contributed by atoms with Crippen LogP contribution in [0.2, 0.25) is 5.02 Å². The number of halogens is 1. The normalized spacial score (nSPS) is 24.2. The Kier molecular flexibility index (Phi) is 6.57. The van der Waals surface area contributed by atoms with E-state index >= 15 is 0 Å². The first-order valence-corrected chi connectivity index (χ1v) is 15.0. The van der Waals surface area contributed by atoms with E-state index < -0.39 is 0 Å². The van der Waals surface area contributed by atoms with Crippen LogP contribution >= 0.6 is 11.6 Å². The van der Waals surface area contributed by atoms with Gasteiger partial charge in [-0.3, -0.25) is 4.90 Å². The molecule has 4 aliphatic rings. The summed E-state index contributed by atoms with van der Waals surface area (Å²) in [6, 6.07) is 14.0. The maximum Gasteiger partial charge on any atom is 0.318 e. The monoisotopic (exact) mass is 546 g/mol. The Morgan fingerprint density at radius 1 is 1.10 bits per heavy atom. The minimum Gasteiger partial charge on any atom is -0.461 e. The van der Waals surface area contributed by atoms with Crippen LogP contribution in [0, 0.1) is 0 Å². The molecule has 3 aromatic rings. The third kappa shape index (κ3) is 4.52. The molecule has 0 radical (unpaired) electrons. The summed E-state index contributed by atoms with van der Waals surface area (Å²) in [6.07, 6.45) is 6.96. The number of nitrogens with one attached hydrogen (secondary N) is 1. The molecule has 3 fully saturated rings. The fourth-order valence-electron chi connectivity index (χ4n) is 7.53. The van der Waals surface area contributed by atoms with Crippen molar-refractivity contribution in [1.29, 1.82) is 0 Å². The molecule has 0 bridgehead atoms. The average Bonchev–Trinajstić information content (AvgIpc) is 3.66. The second-order valence-electron chi connectivity index (χ2n) is 12.1. The number of likely N-dealkylation sites (N-methyl/N-ethyl adjacent to an activating group) is 1. The van der Waals surface area contributed by atoms with Gasteiger partial charge >= 0.3 is 6.01 Å². The maximum atomic E-state index is 6.72. The quantitative estimate of drug-likeness (QED) is 0.465. The molecular formula is C31H39ClN6O. The van der Waals surface area contributed by atoms with Gasteiger partial charge in [-0.2, -0.15) is 9.97 Å². The van der Waals surface area contributed by atoms with E-state index in [2.05, 4.69) is 58.3 Å². The van der Waals surface area contributed by atoms with Gasteiger partial charge in [0.1, 0.15) is 12.4 Å². The highest BCUT2D eigenvalue weighted by Gasteiger charge is 2.45. The zero-order valence-corrected chi connectivity index (χ0v) is 23.9. The molecule has 206 valence electrons. The van der Waals surface area contributed by atoms with Crippen molar-refractivity contribution < 1.29 is 4.74 Å². The number of ether oxygens (including phenoxy) is 1. The number of rotatable bonds is 6. The molecule has 5 heterocycles. The molecule has 1 N–H and O–H groups in total. The van der Waals surface area contributed by atoms with Gasteiger partial charge in [0.2, 0.25) is 0 Å². The van der Waals surface area contributed by atoms with E-state index in [4.69, 9.17) is 26.3 Å². The third-order valence-corrected chi connectivity index (χ3v) is 10.0. The molecule has 3 saturated heterocycles. The van der Waals surface area contributed by atoms with Crippen LogP contribution in [0.25, 0.3) is 10.8 Å². The Bertz CT molecular complexity index is 1370. The Balaban J connectivity index is 1.23. The van der Waals surface area contributed by atoms with Crippen LogP contribution in [0.4, 0.5) is 11.5 Å². The van der Waals surface area contributed by atoms with Gasteiger partial charge in [0.25, 0.3) is 0 Å². The summed E-state index contributed by atoms with van der Waals surface area (Å²) >= 11 is 6.72. The molecular weight excluding hydrogens is 508 g/mol. The molecule has 0 amide bonds. The fourth-order valence-corrected chi connectivity index (χ4v) is 7.81. The molecule has 8 heteroatoms. The Hall–Kier alpha value is -2.61. The van der Waals surface area contributed by atoms with E-state index in [0.29, 0.717) is 24.7 Å². The summed E-state index contributed by atoms with van der Waals surface area (Å²) in [5.41, 5.74) is 3.67. The van der Waals surface area contributed by atoms with Crippen LogP contribution in [0.1, 0.15) is 50.3 Å². The second-order valence-corrected chi connectivity index (χ2v) is 12.5. The number of nitrogens with zero attached hydrogens (tertiary/aromatic N) is 5. The maximum absolute atomic E-state index is 6.72. The Morgan fingerprint density at radius 2 is 1.90 bits per heavy atom. The third-order valence-electron chi connectivity index (χ3n) is 9.69. The minimum atomic E-state index is 0.169. The van der Waals surface area contributed by atoms with Gasteiger partial charge in [-0.25, -0.2) is 0 Å². The zero-order chi connectivity index (χ0) is 26.6. The van der Waals surface area contributed by atoms with Gasteiger partial charge in [-0.1, -0.05) is 35.9 Å². The molecule has 7 rings (SSSR count). The molecule has 0 unspecified atom stereocenters. The Labute approximate surface area is 236 Å². The van der Waals surface area contributed by atoms with E-state index in [1.165, 1.54) is 50.0 Å². The van der Waals surface area contributed by atoms with Crippen molar-refractivity contribution in [2.45, 2.75) is 69.6 Å². The summed E-state index contributed by atoms with van der Waals surface area (Å²) in [5.74, 6) is 1.04. The predicted molar refractivity (Wildman–Crippen MR) is 158 cm³/mol. The topological polar surface area (TPSA) is 56.8 Å². The van der Waals surface area contributed by atoms with Gasteiger partial charge in [0.05, 0.1) is 22.8 Å². The van der Waals surface area contributed by atoms with E-state index in [0.717, 1.165) is 59.8 Å². The first kappa shape index (κ1) is 25.4. The molecule has 2 atom stereocenters. The van der Waals surface area contributed by atoms with Crippen molar-refractivity contribution in [3.05, 3.63) is 52.7 Å². The summed E-state index contributed by atoms with van der Waals surface area (Å²) in [6.45, 7) is 7.93. The lowest BCUT2D eigenvalue weighted by molar-refractivity contribution is 0.107. The first-order valence-electron chi connectivity index (χ1n) is 14.7. The lowest BCUT2D eigenvalue weighted by Crippen LogP contribution is -2.43. The van der Waals surface area contributed by atoms with E-state index in [1.807, 2.05) is 12.1 Å². The van der Waals surface area contributed by atoms with Gasteiger partial charge < -0.3 is 19.9 Å². The van der Waals surface area contributed by atoms with E-state index in [9.17, 15) is 0 Å². The average molecular weight is 547 g/mol. The van der Waals surface area contributed by atoms with Gasteiger partial charge in [-0.05, 0) is 76.1 Å². The van der Waals surface area contributed by atoms with Crippen LogP contribution in [0.5, 0.6) is 6.01 Å². The van der Waals surface area contributed by atoms with Crippen LogP contribution in [0.15, 0.2) is 36.4 Å². The SMILES string of the molecule is C[C@H]1C[C@@H](N(C)c2nc(OCC34CCCN3CCC4)nc3c2CCN(c2cccc4cccc(Cl)c24)C3)CN1. The zero-order valence-electron chi connectivity index (χ0n) is 23.1. The number of aromatic nitrogens is 2. The molecule has 1 aromatic heterocycles. The summed E-state index contributed by atoms with van der Waals surface area (Å²) in [4.78, 5) is 17.6. The van der Waals surface area contributed by atoms with Crippen LogP contribution < -0.4 is 19.9 Å². The summed E-state index contributed by atoms with van der Waals surface area (Å²) in [5, 5.41) is 6.68. The summed E-state index contributed by atoms with van der Waals surface area (Å²) < 4.78 is 6.52. The molecule has 4 aliphatic heterocycles. The smallest absolute Gasteiger partial charge is 0.318 e. The molecule has 39 heavy (non-hydrogen) atoms. The van der Waals surface area contributed by atoms with Crippen molar-refractivity contribution in [3.8, 4) is 6.01 Å². The predicted octanol–water partition coefficient (Wildman–Crippen LogP) is 5.04. The minimum absolute atomic E-state index is 0.169. The molecule has 7 nitrogen and oxygen atoms in total. The van der Waals surface area contributed by atoms with Crippen molar-refractivity contribution >= 4 is 33.9 Å². The van der Waals surface area contributed by atoms with Gasteiger partial charge in [0.15, 0.2) is 0 Å². The van der Waals surface area contributed by atoms with E-state index in [-0.39, 0.29) is 5.54 Å². The molecule has 0 spiro atoms. The van der Waals surface area contributed by atoms with Gasteiger partial charge in [-0.15, -0.1) is 0 Å². The standard InChI is InChI=1S/C31H39ClN6O/c1-21-17-23(18-33-21)36(2)29-24-11-16-37(27-10-4-8-22-7-3-9-25(32)28(22)27)19-26(24)34-30(35-29)39-20-31-12-5-14-38(31)15-6-13-31/h3-4,7-10,21,23,33H,5-6,11-20H2,1-2H3/t21-,23+/m0/s1. The largest absolute Gasteiger partial charge is 0.461 e. The van der Waals surface area contributed by atoms with Crippen molar-refractivity contribution in [2.75, 3.05) is 49.6 Å². The highest BCUT2D eigenvalue weighted by molar-refractivity contribution is 6.36. The number of benzene rings is 2. The number of fused-ring (bicyclic) bond motifs is 3. The lowest BCUT2D eigenvalue weighted by atomic mass is 9.95. The van der Waals surface area contributed by atoms with Gasteiger partial charge in [0, 0.05) is 48.9 Å². The van der Waals surface area contributed by atoms with Crippen LogP contribution in [-0.2, 0) is 13.0 Å². The second kappa shape index (κ2) is 10.1. The van der Waals surface area contributed by atoms with Crippen molar-refractivity contribution in [1.82, 2.24) is 20.2 Å². The highest BCUT2D eigenvalue weighted by atomic mass is 35.5. The van der Waals surface area contributed by atoms with Crippen molar-refractivity contribution in [2.24, 2.45) is 0 Å². The first-order chi connectivity index (χ1) is 19.0. The van der Waals surface area contributed by atoms with Crippen molar-refractivity contribution in [3.63, 3.8) is 0 Å². The van der Waals surface area contributed by atoms with Crippen LogP contribution in [0.3, 0.4) is 0 Å². The fraction of sp³-hybridized carbons (Fsp3) is 0.548. The van der Waals surface area contributed by atoms with Crippen LogP contribution in [-0.4, -0.2) is 72.3 Å². The summed E-state index contributed by atoms with van der Waals surface area (Å²) in [7, 11) is 2.20. The molecule has 2 aromatic carbocycles. The molecule has 0 saturated carbocycles. The highest BCUT2D eigenvalue weighted by Crippen LogP contribution is 2.40. The lowest BCUT2D eigenvalue weighted by Gasteiger charge is -2.35. The van der Waals surface area contributed by atoms with E-state index in [1.54, 1.807) is 0 Å². The molecule has 0 aliphatic carbocycles.